The highest BCUT2D eigenvalue weighted by molar-refractivity contribution is 7.99. The maximum atomic E-state index is 13.4. The van der Waals surface area contributed by atoms with Crippen LogP contribution in [0.4, 0.5) is 10.2 Å². The molecule has 0 radical (unpaired) electrons. The second kappa shape index (κ2) is 8.86. The zero-order valence-corrected chi connectivity index (χ0v) is 18.8. The first-order valence-electron chi connectivity index (χ1n) is 9.45. The number of benzene rings is 1. The van der Waals surface area contributed by atoms with Gasteiger partial charge in [-0.2, -0.15) is 5.26 Å². The molecular weight excluding hydrogens is 449 g/mol. The molecule has 0 unspecified atom stereocenters. The summed E-state index contributed by atoms with van der Waals surface area (Å²) in [6, 6.07) is 11.8. The summed E-state index contributed by atoms with van der Waals surface area (Å²) in [7, 11) is 0. The number of halogens is 1. The summed E-state index contributed by atoms with van der Waals surface area (Å²) in [6.45, 7) is 3.65. The van der Waals surface area contributed by atoms with Crippen LogP contribution in [0.1, 0.15) is 16.8 Å². The zero-order chi connectivity index (χ0) is 22.8. The molecule has 11 heteroatoms. The van der Waals surface area contributed by atoms with Gasteiger partial charge in [0.25, 0.3) is 0 Å². The van der Waals surface area contributed by atoms with E-state index in [2.05, 4.69) is 21.6 Å². The SMILES string of the molecule is Cc1c(C#N)c(NC(=O)CSc2nnc(-c3cccs3)n2N)n(-c2ccc(F)cc2)c1C. The van der Waals surface area contributed by atoms with E-state index in [-0.39, 0.29) is 17.5 Å². The Morgan fingerprint density at radius 1 is 1.28 bits per heavy atom. The minimum atomic E-state index is -0.370. The van der Waals surface area contributed by atoms with Gasteiger partial charge >= 0.3 is 0 Å². The van der Waals surface area contributed by atoms with E-state index in [1.807, 2.05) is 24.4 Å². The molecule has 162 valence electrons. The first-order valence-corrected chi connectivity index (χ1v) is 11.3. The van der Waals surface area contributed by atoms with Crippen molar-refractivity contribution >= 4 is 34.8 Å². The van der Waals surface area contributed by atoms with Crippen LogP contribution in [0.3, 0.4) is 0 Å². The Labute approximate surface area is 191 Å². The third kappa shape index (κ3) is 3.98. The van der Waals surface area contributed by atoms with E-state index < -0.39 is 0 Å². The largest absolute Gasteiger partial charge is 0.335 e. The van der Waals surface area contributed by atoms with Gasteiger partial charge in [0, 0.05) is 11.4 Å². The Balaban J connectivity index is 1.56. The summed E-state index contributed by atoms with van der Waals surface area (Å²) >= 11 is 2.62. The lowest BCUT2D eigenvalue weighted by molar-refractivity contribution is -0.113. The Bertz CT molecular complexity index is 1320. The second-order valence-corrected chi connectivity index (χ2v) is 8.74. The molecule has 0 bridgehead atoms. The lowest BCUT2D eigenvalue weighted by atomic mass is 10.2. The van der Waals surface area contributed by atoms with E-state index in [0.29, 0.717) is 28.0 Å². The molecule has 0 atom stereocenters. The number of amides is 1. The molecule has 8 nitrogen and oxygen atoms in total. The fraction of sp³-hybridized carbons (Fsp3) is 0.143. The molecule has 1 aromatic carbocycles. The van der Waals surface area contributed by atoms with E-state index in [9.17, 15) is 14.4 Å². The average molecular weight is 468 g/mol. The van der Waals surface area contributed by atoms with Crippen LogP contribution in [0.15, 0.2) is 46.9 Å². The molecule has 3 N–H and O–H groups in total. The van der Waals surface area contributed by atoms with Crippen molar-refractivity contribution in [3.05, 3.63) is 64.4 Å². The number of thioether (sulfide) groups is 1. The quantitative estimate of drug-likeness (QED) is 0.329. The number of thiophene rings is 1. The van der Waals surface area contributed by atoms with E-state index in [0.717, 1.165) is 27.9 Å². The highest BCUT2D eigenvalue weighted by Crippen LogP contribution is 2.31. The summed E-state index contributed by atoms with van der Waals surface area (Å²) in [5.41, 5.74) is 2.51. The van der Waals surface area contributed by atoms with E-state index in [1.165, 1.54) is 28.1 Å². The predicted octanol–water partition coefficient (Wildman–Crippen LogP) is 3.87. The molecule has 0 aliphatic heterocycles. The molecule has 0 saturated carbocycles. The van der Waals surface area contributed by atoms with Crippen molar-refractivity contribution in [3.63, 3.8) is 0 Å². The number of carbonyl (C=O) groups excluding carboxylic acids is 1. The van der Waals surface area contributed by atoms with Crippen LogP contribution in [0.2, 0.25) is 0 Å². The summed E-state index contributed by atoms with van der Waals surface area (Å²) in [6.07, 6.45) is 0. The van der Waals surface area contributed by atoms with Crippen LogP contribution in [-0.2, 0) is 4.79 Å². The molecule has 3 heterocycles. The summed E-state index contributed by atoms with van der Waals surface area (Å²) in [5, 5.41) is 22.9. The molecular formula is C21H18FN7OS2. The number of nitrogen functional groups attached to an aromatic ring is 1. The summed E-state index contributed by atoms with van der Waals surface area (Å²) in [5.74, 6) is 6.24. The van der Waals surface area contributed by atoms with E-state index in [1.54, 1.807) is 23.6 Å². The molecule has 0 saturated heterocycles. The van der Waals surface area contributed by atoms with Crippen LogP contribution in [0, 0.1) is 31.0 Å². The maximum absolute atomic E-state index is 13.4. The van der Waals surface area contributed by atoms with Gasteiger partial charge in [0.2, 0.25) is 11.1 Å². The van der Waals surface area contributed by atoms with E-state index in [4.69, 9.17) is 5.84 Å². The number of hydrogen-bond acceptors (Lipinski definition) is 7. The molecule has 4 aromatic rings. The van der Waals surface area contributed by atoms with Crippen molar-refractivity contribution in [1.82, 2.24) is 19.4 Å². The molecule has 0 spiro atoms. The lowest BCUT2D eigenvalue weighted by Gasteiger charge is -2.13. The number of nitriles is 1. The number of nitrogens with one attached hydrogen (secondary N) is 1. The highest BCUT2D eigenvalue weighted by Gasteiger charge is 2.21. The summed E-state index contributed by atoms with van der Waals surface area (Å²) in [4.78, 5) is 13.6. The first-order chi connectivity index (χ1) is 15.4. The van der Waals surface area contributed by atoms with Gasteiger partial charge in [0.1, 0.15) is 17.7 Å². The Morgan fingerprint density at radius 3 is 2.69 bits per heavy atom. The number of rotatable bonds is 6. The van der Waals surface area contributed by atoms with Gasteiger partial charge in [-0.05, 0) is 55.1 Å². The topological polar surface area (TPSA) is 115 Å². The standard InChI is InChI=1S/C21H18FN7OS2/c1-12-13(2)28(15-7-5-14(22)6-8-15)19(16(12)10-23)25-18(30)11-32-21-27-26-20(29(21)24)17-4-3-9-31-17/h3-9H,11,24H2,1-2H3,(H,25,30). The van der Waals surface area contributed by atoms with Gasteiger partial charge in [-0.1, -0.05) is 17.8 Å². The smallest absolute Gasteiger partial charge is 0.236 e. The Hall–Kier alpha value is -3.62. The summed E-state index contributed by atoms with van der Waals surface area (Å²) < 4.78 is 16.5. The van der Waals surface area contributed by atoms with Gasteiger partial charge in [0.05, 0.1) is 16.2 Å². The number of aromatic nitrogens is 4. The minimum absolute atomic E-state index is 0.0112. The van der Waals surface area contributed by atoms with Crippen LogP contribution in [-0.4, -0.2) is 31.1 Å². The van der Waals surface area contributed by atoms with Gasteiger partial charge in [-0.25, -0.2) is 9.07 Å². The van der Waals surface area contributed by atoms with Crippen molar-refractivity contribution in [2.24, 2.45) is 0 Å². The molecule has 0 fully saturated rings. The first kappa shape index (κ1) is 21.6. The Kier molecular flexibility index (Phi) is 5.98. The predicted molar refractivity (Wildman–Crippen MR) is 123 cm³/mol. The average Bonchev–Trinajstić information content (AvgIpc) is 3.48. The molecule has 1 amide bonds. The van der Waals surface area contributed by atoms with Gasteiger partial charge in [-0.3, -0.25) is 9.36 Å². The van der Waals surface area contributed by atoms with Crippen molar-refractivity contribution in [2.75, 3.05) is 16.9 Å². The second-order valence-electron chi connectivity index (χ2n) is 6.85. The van der Waals surface area contributed by atoms with Crippen LogP contribution in [0.25, 0.3) is 16.4 Å². The number of nitrogens with two attached hydrogens (primary N) is 1. The Morgan fingerprint density at radius 2 is 2.03 bits per heavy atom. The normalized spacial score (nSPS) is 10.8. The number of anilines is 1. The fourth-order valence-corrected chi connectivity index (χ4v) is 4.58. The molecule has 0 aliphatic carbocycles. The number of hydrogen-bond donors (Lipinski definition) is 2. The van der Waals surface area contributed by atoms with Gasteiger partial charge in [0.15, 0.2) is 5.82 Å². The third-order valence-electron chi connectivity index (χ3n) is 4.91. The fourth-order valence-electron chi connectivity index (χ4n) is 3.22. The van der Waals surface area contributed by atoms with E-state index >= 15 is 0 Å². The monoisotopic (exact) mass is 467 g/mol. The third-order valence-corrected chi connectivity index (χ3v) is 6.72. The van der Waals surface area contributed by atoms with Crippen LogP contribution < -0.4 is 11.2 Å². The number of carbonyl (C=O) groups is 1. The number of nitrogens with zero attached hydrogens (tertiary/aromatic N) is 5. The maximum Gasteiger partial charge on any atom is 0.236 e. The van der Waals surface area contributed by atoms with Gasteiger partial charge < -0.3 is 11.2 Å². The van der Waals surface area contributed by atoms with Crippen molar-refractivity contribution < 1.29 is 9.18 Å². The molecule has 4 rings (SSSR count). The zero-order valence-electron chi connectivity index (χ0n) is 17.2. The highest BCUT2D eigenvalue weighted by atomic mass is 32.2. The minimum Gasteiger partial charge on any atom is -0.335 e. The van der Waals surface area contributed by atoms with Crippen LogP contribution >= 0.6 is 23.1 Å². The van der Waals surface area contributed by atoms with Crippen molar-refractivity contribution in [2.45, 2.75) is 19.0 Å². The molecule has 32 heavy (non-hydrogen) atoms. The molecule has 0 aliphatic rings. The molecule has 3 aromatic heterocycles. The van der Waals surface area contributed by atoms with Crippen molar-refractivity contribution in [3.8, 4) is 22.5 Å². The van der Waals surface area contributed by atoms with Crippen molar-refractivity contribution in [1.29, 1.82) is 5.26 Å². The van der Waals surface area contributed by atoms with Gasteiger partial charge in [-0.15, -0.1) is 21.5 Å². The van der Waals surface area contributed by atoms with Crippen LogP contribution in [0.5, 0.6) is 0 Å². The lowest BCUT2D eigenvalue weighted by Crippen LogP contribution is -2.19.